The molecule has 0 aliphatic carbocycles. The van der Waals surface area contributed by atoms with Crippen LogP contribution in [0.2, 0.25) is 0 Å². The molecule has 1 N–H and O–H groups in total. The molecule has 0 saturated carbocycles. The van der Waals surface area contributed by atoms with Crippen LogP contribution in [0.1, 0.15) is 46.0 Å². The highest BCUT2D eigenvalue weighted by molar-refractivity contribution is 8.14. The standard InChI is InChI=1S/C13H24N2OS/c1-3-13(4-2)10-17-12(15-13)14-8-7-11-6-5-9-16-11/h11H,3-10H2,1-2H3,(H,14,15). The van der Waals surface area contributed by atoms with Crippen molar-refractivity contribution in [3.63, 3.8) is 0 Å². The second-order valence-electron chi connectivity index (χ2n) is 5.01. The van der Waals surface area contributed by atoms with Gasteiger partial charge in [-0.2, -0.15) is 0 Å². The highest BCUT2D eigenvalue weighted by atomic mass is 32.2. The quantitative estimate of drug-likeness (QED) is 0.821. The second kappa shape index (κ2) is 6.10. The van der Waals surface area contributed by atoms with E-state index in [-0.39, 0.29) is 0 Å². The van der Waals surface area contributed by atoms with Crippen molar-refractivity contribution in [2.75, 3.05) is 18.9 Å². The first-order valence-electron chi connectivity index (χ1n) is 6.85. The van der Waals surface area contributed by atoms with E-state index in [2.05, 4.69) is 24.2 Å². The lowest BCUT2D eigenvalue weighted by Gasteiger charge is -2.25. The molecule has 0 bridgehead atoms. The number of rotatable bonds is 5. The Kier molecular flexibility index (Phi) is 4.74. The van der Waals surface area contributed by atoms with Gasteiger partial charge in [-0.05, 0) is 32.1 Å². The third kappa shape index (κ3) is 3.38. The Bertz CT molecular complexity index is 271. The molecule has 0 amide bonds. The summed E-state index contributed by atoms with van der Waals surface area (Å²) in [5, 5.41) is 4.75. The zero-order chi connectivity index (χ0) is 12.1. The summed E-state index contributed by atoms with van der Waals surface area (Å²) in [5.74, 6) is 1.17. The Balaban J connectivity index is 1.75. The fraction of sp³-hybridized carbons (Fsp3) is 0.923. The van der Waals surface area contributed by atoms with Crippen LogP contribution in [-0.2, 0) is 4.74 Å². The van der Waals surface area contributed by atoms with Gasteiger partial charge in [0.25, 0.3) is 0 Å². The molecule has 2 heterocycles. The van der Waals surface area contributed by atoms with E-state index in [1.807, 2.05) is 11.8 Å². The van der Waals surface area contributed by atoms with Crippen molar-refractivity contribution in [3.8, 4) is 0 Å². The van der Waals surface area contributed by atoms with Crippen molar-refractivity contribution in [3.05, 3.63) is 0 Å². The predicted octanol–water partition coefficient (Wildman–Crippen LogP) is 2.81. The van der Waals surface area contributed by atoms with Crippen molar-refractivity contribution in [1.29, 1.82) is 0 Å². The second-order valence-corrected chi connectivity index (χ2v) is 5.98. The molecular weight excluding hydrogens is 232 g/mol. The lowest BCUT2D eigenvalue weighted by Crippen LogP contribution is -2.42. The van der Waals surface area contributed by atoms with Crippen LogP contribution in [0, 0.1) is 0 Å². The molecule has 4 heteroatoms. The summed E-state index contributed by atoms with van der Waals surface area (Å²) >= 11 is 1.88. The third-order valence-corrected chi connectivity index (χ3v) is 5.14. The fourth-order valence-electron chi connectivity index (χ4n) is 2.40. The van der Waals surface area contributed by atoms with E-state index >= 15 is 0 Å². The number of hydrogen-bond acceptors (Lipinski definition) is 3. The average Bonchev–Trinajstić information content (AvgIpc) is 2.99. The van der Waals surface area contributed by atoms with E-state index < -0.39 is 0 Å². The molecule has 2 fully saturated rings. The van der Waals surface area contributed by atoms with Crippen LogP contribution >= 0.6 is 11.8 Å². The summed E-state index contributed by atoms with van der Waals surface area (Å²) in [6, 6.07) is 0. The molecular formula is C13H24N2OS. The number of aliphatic imine (C=N–C) groups is 1. The number of hydrogen-bond donors (Lipinski definition) is 1. The Hall–Kier alpha value is -0.220. The van der Waals surface area contributed by atoms with Gasteiger partial charge in [0, 0.05) is 24.4 Å². The van der Waals surface area contributed by atoms with E-state index in [0.29, 0.717) is 11.6 Å². The first-order valence-corrected chi connectivity index (χ1v) is 7.83. The number of thioether (sulfide) groups is 1. The smallest absolute Gasteiger partial charge is 0.157 e. The largest absolute Gasteiger partial charge is 0.378 e. The van der Waals surface area contributed by atoms with Crippen LogP contribution in [0.5, 0.6) is 0 Å². The first kappa shape index (κ1) is 13.2. The normalized spacial score (nSPS) is 29.8. The van der Waals surface area contributed by atoms with Crippen LogP contribution in [0.15, 0.2) is 4.99 Å². The monoisotopic (exact) mass is 256 g/mol. The minimum absolute atomic E-state index is 0.299. The zero-order valence-corrected chi connectivity index (χ0v) is 11.8. The van der Waals surface area contributed by atoms with Crippen LogP contribution in [0.3, 0.4) is 0 Å². The van der Waals surface area contributed by atoms with Crippen LogP contribution in [-0.4, -0.2) is 35.7 Å². The van der Waals surface area contributed by atoms with E-state index in [1.54, 1.807) is 0 Å². The Labute approximate surface area is 109 Å². The summed E-state index contributed by atoms with van der Waals surface area (Å²) in [6.07, 6.45) is 6.36. The van der Waals surface area contributed by atoms with E-state index in [1.165, 1.54) is 31.4 Å². The van der Waals surface area contributed by atoms with Crippen LogP contribution in [0.25, 0.3) is 0 Å². The van der Waals surface area contributed by atoms with Gasteiger partial charge in [-0.1, -0.05) is 25.6 Å². The van der Waals surface area contributed by atoms with Crippen molar-refractivity contribution in [2.45, 2.75) is 57.6 Å². The van der Waals surface area contributed by atoms with Gasteiger partial charge < -0.3 is 10.1 Å². The molecule has 17 heavy (non-hydrogen) atoms. The van der Waals surface area contributed by atoms with Crippen molar-refractivity contribution in [1.82, 2.24) is 5.32 Å². The maximum atomic E-state index is 5.60. The minimum atomic E-state index is 0.299. The summed E-state index contributed by atoms with van der Waals surface area (Å²) in [7, 11) is 0. The van der Waals surface area contributed by atoms with Gasteiger partial charge in [-0.3, -0.25) is 4.99 Å². The van der Waals surface area contributed by atoms with Gasteiger partial charge in [0.15, 0.2) is 5.17 Å². The van der Waals surface area contributed by atoms with Crippen molar-refractivity contribution in [2.24, 2.45) is 4.99 Å². The van der Waals surface area contributed by atoms with Crippen LogP contribution < -0.4 is 5.32 Å². The number of nitrogens with zero attached hydrogens (tertiary/aromatic N) is 1. The summed E-state index contributed by atoms with van der Waals surface area (Å²) in [6.45, 7) is 6.37. The fourth-order valence-corrected chi connectivity index (χ4v) is 3.77. The van der Waals surface area contributed by atoms with E-state index in [0.717, 1.165) is 24.7 Å². The molecule has 0 aromatic heterocycles. The number of amidine groups is 1. The lowest BCUT2D eigenvalue weighted by molar-refractivity contribution is 0.106. The SMILES string of the molecule is CCC1(CC)CSC(=NCCC2CCCO2)N1. The molecule has 0 spiro atoms. The van der Waals surface area contributed by atoms with Gasteiger partial charge in [0.1, 0.15) is 0 Å². The molecule has 2 saturated heterocycles. The Morgan fingerprint density at radius 3 is 2.88 bits per heavy atom. The molecule has 0 radical (unpaired) electrons. The van der Waals surface area contributed by atoms with Gasteiger partial charge in [0.05, 0.1) is 6.10 Å². The summed E-state index contributed by atoms with van der Waals surface area (Å²) < 4.78 is 5.60. The molecule has 1 atom stereocenters. The first-order chi connectivity index (χ1) is 8.28. The van der Waals surface area contributed by atoms with E-state index in [9.17, 15) is 0 Å². The summed E-state index contributed by atoms with van der Waals surface area (Å²) in [4.78, 5) is 4.67. The molecule has 3 nitrogen and oxygen atoms in total. The Morgan fingerprint density at radius 2 is 2.29 bits per heavy atom. The number of nitrogens with one attached hydrogen (secondary N) is 1. The molecule has 1 unspecified atom stereocenters. The topological polar surface area (TPSA) is 33.6 Å². The van der Waals surface area contributed by atoms with Crippen LogP contribution in [0.4, 0.5) is 0 Å². The highest BCUT2D eigenvalue weighted by Crippen LogP contribution is 2.29. The molecule has 0 aromatic carbocycles. The molecule has 2 aliphatic rings. The average molecular weight is 256 g/mol. The summed E-state index contributed by atoms with van der Waals surface area (Å²) in [5.41, 5.74) is 0.299. The van der Waals surface area contributed by atoms with Gasteiger partial charge in [0.2, 0.25) is 0 Å². The maximum Gasteiger partial charge on any atom is 0.157 e. The number of ether oxygens (including phenoxy) is 1. The van der Waals surface area contributed by atoms with Gasteiger partial charge in [-0.25, -0.2) is 0 Å². The Morgan fingerprint density at radius 1 is 1.47 bits per heavy atom. The third-order valence-electron chi connectivity index (χ3n) is 3.94. The maximum absolute atomic E-state index is 5.60. The minimum Gasteiger partial charge on any atom is -0.378 e. The van der Waals surface area contributed by atoms with Gasteiger partial charge >= 0.3 is 0 Å². The molecule has 98 valence electrons. The van der Waals surface area contributed by atoms with Crippen molar-refractivity contribution >= 4 is 16.9 Å². The van der Waals surface area contributed by atoms with Crippen molar-refractivity contribution < 1.29 is 4.74 Å². The van der Waals surface area contributed by atoms with Gasteiger partial charge in [-0.15, -0.1) is 0 Å². The zero-order valence-electron chi connectivity index (χ0n) is 11.0. The molecule has 0 aromatic rings. The van der Waals surface area contributed by atoms with E-state index in [4.69, 9.17) is 4.74 Å². The molecule has 2 rings (SSSR count). The predicted molar refractivity (Wildman–Crippen MR) is 74.8 cm³/mol. The molecule has 2 aliphatic heterocycles. The lowest BCUT2D eigenvalue weighted by atomic mass is 9.96. The highest BCUT2D eigenvalue weighted by Gasteiger charge is 2.33.